The van der Waals surface area contributed by atoms with Crippen LogP contribution in [-0.4, -0.2) is 18.6 Å². The molecule has 16 heavy (non-hydrogen) atoms. The minimum absolute atomic E-state index is 0.389. The van der Waals surface area contributed by atoms with Crippen LogP contribution in [0.25, 0.3) is 0 Å². The number of halogens is 1. The summed E-state index contributed by atoms with van der Waals surface area (Å²) in [6.07, 6.45) is 0.389. The number of carbonyl (C=O) groups excluding carboxylic acids is 1. The average molecular weight is 288 g/mol. The van der Waals surface area contributed by atoms with E-state index < -0.39 is 12.0 Å². The molecule has 0 radical (unpaired) electrons. The molecule has 0 aliphatic heterocycles. The molecule has 4 nitrogen and oxygen atoms in total. The number of hydrogen-bond donors (Lipinski definition) is 1. The van der Waals surface area contributed by atoms with Gasteiger partial charge in [-0.3, -0.25) is 0 Å². The third-order valence-electron chi connectivity index (χ3n) is 2.09. The molecule has 5 heteroatoms. The van der Waals surface area contributed by atoms with Crippen LogP contribution in [0.2, 0.25) is 0 Å². The lowest BCUT2D eigenvalue weighted by molar-refractivity contribution is -0.133. The Morgan fingerprint density at radius 1 is 1.50 bits per heavy atom. The summed E-state index contributed by atoms with van der Waals surface area (Å²) in [5, 5.41) is 0. The van der Waals surface area contributed by atoms with Gasteiger partial charge in [0.1, 0.15) is 11.8 Å². The molecule has 1 unspecified atom stereocenters. The Labute approximate surface area is 103 Å². The van der Waals surface area contributed by atoms with Crippen LogP contribution >= 0.6 is 16.3 Å². The highest BCUT2D eigenvalue weighted by atomic mass is 79.9. The number of rotatable bonds is 5. The van der Waals surface area contributed by atoms with Gasteiger partial charge >= 0.3 is 5.97 Å². The Hall–Kier alpha value is -1.07. The Kier molecular flexibility index (Phi) is 5.28. The van der Waals surface area contributed by atoms with Gasteiger partial charge in [0.05, 0.1) is 6.61 Å². The number of nitrogens with two attached hydrogens (primary N) is 1. The van der Waals surface area contributed by atoms with Crippen molar-refractivity contribution in [2.24, 2.45) is 5.73 Å². The molecule has 2 N–H and O–H groups in total. The standard InChI is InChI=1S/C11H14BrNO3/c1-2-15-10-6-4-3-5-8(10)7-9(13)11(14)16-12/h3-6,9H,2,7,13H2,1H3. The summed E-state index contributed by atoms with van der Waals surface area (Å²) in [5.74, 6) is 0.258. The van der Waals surface area contributed by atoms with E-state index in [-0.39, 0.29) is 0 Å². The van der Waals surface area contributed by atoms with Crippen LogP contribution in [0.3, 0.4) is 0 Å². The van der Waals surface area contributed by atoms with Gasteiger partial charge < -0.3 is 14.3 Å². The molecule has 1 atom stereocenters. The number of para-hydroxylation sites is 1. The Balaban J connectivity index is 2.75. The fourth-order valence-electron chi connectivity index (χ4n) is 1.35. The first kappa shape index (κ1) is 13.0. The highest BCUT2D eigenvalue weighted by Crippen LogP contribution is 2.19. The molecule has 0 amide bonds. The molecule has 0 fully saturated rings. The minimum Gasteiger partial charge on any atom is -0.494 e. The number of carbonyl (C=O) groups is 1. The van der Waals surface area contributed by atoms with Gasteiger partial charge in [-0.2, -0.15) is 0 Å². The summed E-state index contributed by atoms with van der Waals surface area (Å²) in [7, 11) is 0. The lowest BCUT2D eigenvalue weighted by Gasteiger charge is -2.12. The summed E-state index contributed by atoms with van der Waals surface area (Å²) in [6.45, 7) is 2.48. The van der Waals surface area contributed by atoms with Gasteiger partial charge in [0, 0.05) is 6.42 Å². The van der Waals surface area contributed by atoms with Gasteiger partial charge in [-0.05, 0) is 18.6 Å². The van der Waals surface area contributed by atoms with Gasteiger partial charge in [-0.15, -0.1) is 0 Å². The van der Waals surface area contributed by atoms with Crippen molar-refractivity contribution in [2.75, 3.05) is 6.61 Å². The van der Waals surface area contributed by atoms with Crippen molar-refractivity contribution in [3.8, 4) is 5.75 Å². The van der Waals surface area contributed by atoms with E-state index in [1.807, 2.05) is 31.2 Å². The SMILES string of the molecule is CCOc1ccccc1CC(N)C(=O)OBr. The van der Waals surface area contributed by atoms with Gasteiger partial charge in [0.2, 0.25) is 0 Å². The second-order valence-electron chi connectivity index (χ2n) is 3.25. The molecule has 0 spiro atoms. The van der Waals surface area contributed by atoms with Crippen LogP contribution in [0, 0.1) is 0 Å². The highest BCUT2D eigenvalue weighted by molar-refractivity contribution is 9.06. The summed E-state index contributed by atoms with van der Waals surface area (Å²) < 4.78 is 9.82. The second-order valence-corrected chi connectivity index (χ2v) is 3.57. The first-order chi connectivity index (χ1) is 7.69. The third-order valence-corrected chi connectivity index (χ3v) is 2.41. The van der Waals surface area contributed by atoms with Crippen molar-refractivity contribution in [3.63, 3.8) is 0 Å². The monoisotopic (exact) mass is 287 g/mol. The number of benzene rings is 1. The van der Waals surface area contributed by atoms with Crippen molar-refractivity contribution in [2.45, 2.75) is 19.4 Å². The van der Waals surface area contributed by atoms with Crippen molar-refractivity contribution in [1.29, 1.82) is 0 Å². The zero-order valence-electron chi connectivity index (χ0n) is 8.98. The molecule has 1 aromatic carbocycles. The molecule has 0 bridgehead atoms. The Morgan fingerprint density at radius 2 is 2.19 bits per heavy atom. The van der Waals surface area contributed by atoms with Crippen LogP contribution < -0.4 is 10.5 Å². The van der Waals surface area contributed by atoms with E-state index in [4.69, 9.17) is 10.5 Å². The van der Waals surface area contributed by atoms with Crippen LogP contribution in [0.15, 0.2) is 24.3 Å². The normalized spacial score (nSPS) is 11.9. The largest absolute Gasteiger partial charge is 0.494 e. The van der Waals surface area contributed by atoms with Gasteiger partial charge in [-0.25, -0.2) is 4.79 Å². The predicted octanol–water partition coefficient (Wildman–Crippen LogP) is 1.81. The summed E-state index contributed by atoms with van der Waals surface area (Å²) >= 11 is 2.62. The van der Waals surface area contributed by atoms with E-state index in [9.17, 15) is 4.79 Å². The summed E-state index contributed by atoms with van der Waals surface area (Å²) in [6, 6.07) is 6.80. The van der Waals surface area contributed by atoms with E-state index in [0.717, 1.165) is 11.3 Å². The third kappa shape index (κ3) is 3.50. The molecule has 1 rings (SSSR count). The number of hydrogen-bond acceptors (Lipinski definition) is 4. The zero-order chi connectivity index (χ0) is 12.0. The van der Waals surface area contributed by atoms with Crippen LogP contribution in [0.5, 0.6) is 5.75 Å². The molecule has 0 aromatic heterocycles. The lowest BCUT2D eigenvalue weighted by Crippen LogP contribution is -2.32. The smallest absolute Gasteiger partial charge is 0.334 e. The first-order valence-corrected chi connectivity index (χ1v) is 5.62. The van der Waals surface area contributed by atoms with Crippen LogP contribution in [-0.2, 0) is 15.0 Å². The molecule has 1 aromatic rings. The van der Waals surface area contributed by atoms with E-state index >= 15 is 0 Å². The van der Waals surface area contributed by atoms with E-state index in [0.29, 0.717) is 13.0 Å². The highest BCUT2D eigenvalue weighted by Gasteiger charge is 2.17. The van der Waals surface area contributed by atoms with Gasteiger partial charge in [-0.1, -0.05) is 18.2 Å². The topological polar surface area (TPSA) is 61.5 Å². The maximum atomic E-state index is 11.2. The number of ether oxygens (including phenoxy) is 1. The molecule has 0 saturated carbocycles. The maximum Gasteiger partial charge on any atom is 0.334 e. The second kappa shape index (κ2) is 6.50. The maximum absolute atomic E-state index is 11.2. The summed E-state index contributed by atoms with van der Waals surface area (Å²) in [4.78, 5) is 11.2. The zero-order valence-corrected chi connectivity index (χ0v) is 10.6. The van der Waals surface area contributed by atoms with Crippen molar-refractivity contribution < 1.29 is 13.4 Å². The molecule has 0 saturated heterocycles. The minimum atomic E-state index is -0.694. The lowest BCUT2D eigenvalue weighted by atomic mass is 10.1. The predicted molar refractivity (Wildman–Crippen MR) is 64.3 cm³/mol. The van der Waals surface area contributed by atoms with Crippen molar-refractivity contribution in [1.82, 2.24) is 0 Å². The Morgan fingerprint density at radius 3 is 2.81 bits per heavy atom. The van der Waals surface area contributed by atoms with Gasteiger partial charge in [0.15, 0.2) is 16.3 Å². The van der Waals surface area contributed by atoms with Crippen molar-refractivity contribution in [3.05, 3.63) is 29.8 Å². The molecule has 0 heterocycles. The van der Waals surface area contributed by atoms with E-state index in [2.05, 4.69) is 20.1 Å². The molecular formula is C11H14BrNO3. The quantitative estimate of drug-likeness (QED) is 0.897. The van der Waals surface area contributed by atoms with E-state index in [1.54, 1.807) is 0 Å². The summed E-state index contributed by atoms with van der Waals surface area (Å²) in [5.41, 5.74) is 6.56. The molecule has 0 aliphatic carbocycles. The van der Waals surface area contributed by atoms with Crippen LogP contribution in [0.1, 0.15) is 12.5 Å². The molecular weight excluding hydrogens is 274 g/mol. The van der Waals surface area contributed by atoms with Crippen LogP contribution in [0.4, 0.5) is 0 Å². The average Bonchev–Trinajstić information content (AvgIpc) is 2.31. The first-order valence-electron chi connectivity index (χ1n) is 4.97. The Bertz CT molecular complexity index is 357. The fourth-order valence-corrected chi connectivity index (χ4v) is 1.59. The van der Waals surface area contributed by atoms with Gasteiger partial charge in [0.25, 0.3) is 0 Å². The molecule has 0 aliphatic rings. The van der Waals surface area contributed by atoms with E-state index in [1.165, 1.54) is 0 Å². The molecule has 88 valence electrons. The fraction of sp³-hybridized carbons (Fsp3) is 0.364. The van der Waals surface area contributed by atoms with Crippen molar-refractivity contribution >= 4 is 22.2 Å².